The lowest BCUT2D eigenvalue weighted by atomic mass is 9.73. The van der Waals surface area contributed by atoms with Crippen LogP contribution in [-0.4, -0.2) is 57.0 Å². The minimum Gasteiger partial charge on any atom is -0.486 e. The van der Waals surface area contributed by atoms with Crippen LogP contribution in [0.2, 0.25) is 0 Å². The van der Waals surface area contributed by atoms with Crippen molar-refractivity contribution in [1.82, 2.24) is 4.98 Å². The standard InChI is InChI=1S/C33H35N3O5S2/c34-21-33(11-12-33)20-27(37)25-3-1-2-4-26(25)30-31(22-5-8-24(9-6-22)36-13-17-43(38,39)18-14-36)42-32(35-30)23-7-10-28-29(19-23)41-16-15-40-28/h5-10,19,25-26H,1-4,11-18,20H2/t25-,26-/m1/s1. The molecule has 2 atom stereocenters. The lowest BCUT2D eigenvalue weighted by Gasteiger charge is -2.31. The molecule has 224 valence electrons. The highest BCUT2D eigenvalue weighted by atomic mass is 32.2. The summed E-state index contributed by atoms with van der Waals surface area (Å²) in [6, 6.07) is 16.7. The van der Waals surface area contributed by atoms with Crippen molar-refractivity contribution in [3.63, 3.8) is 0 Å². The van der Waals surface area contributed by atoms with Crippen LogP contribution in [0.3, 0.4) is 0 Å². The van der Waals surface area contributed by atoms with Crippen LogP contribution >= 0.6 is 11.3 Å². The molecule has 0 bridgehead atoms. The number of hydrogen-bond donors (Lipinski definition) is 0. The molecule has 4 aliphatic rings. The fourth-order valence-electron chi connectivity index (χ4n) is 6.67. The molecular formula is C33H35N3O5S2. The Morgan fingerprint density at radius 3 is 2.42 bits per heavy atom. The number of rotatable bonds is 7. The summed E-state index contributed by atoms with van der Waals surface area (Å²) in [5, 5.41) is 10.5. The lowest BCUT2D eigenvalue weighted by molar-refractivity contribution is -0.125. The van der Waals surface area contributed by atoms with Crippen LogP contribution in [0.15, 0.2) is 42.5 Å². The van der Waals surface area contributed by atoms with Gasteiger partial charge in [-0.15, -0.1) is 11.3 Å². The van der Waals surface area contributed by atoms with Crippen molar-refractivity contribution in [2.24, 2.45) is 11.3 Å². The number of sulfone groups is 1. The number of fused-ring (bicyclic) bond motifs is 1. The van der Waals surface area contributed by atoms with Crippen LogP contribution < -0.4 is 14.4 Å². The highest BCUT2D eigenvalue weighted by molar-refractivity contribution is 7.91. The molecule has 0 radical (unpaired) electrons. The van der Waals surface area contributed by atoms with E-state index in [0.717, 1.165) is 76.7 Å². The number of ketones is 1. The van der Waals surface area contributed by atoms with Gasteiger partial charge in [0, 0.05) is 42.6 Å². The molecule has 8 nitrogen and oxygen atoms in total. The second kappa shape index (κ2) is 11.3. The predicted octanol–water partition coefficient (Wildman–Crippen LogP) is 6.02. The van der Waals surface area contributed by atoms with E-state index in [0.29, 0.717) is 38.5 Å². The van der Waals surface area contributed by atoms with E-state index in [1.54, 1.807) is 11.3 Å². The smallest absolute Gasteiger partial charge is 0.162 e. The number of hydrogen-bond acceptors (Lipinski definition) is 9. The summed E-state index contributed by atoms with van der Waals surface area (Å²) in [5.74, 6) is 1.87. The minimum atomic E-state index is -2.95. The first-order chi connectivity index (χ1) is 20.8. The first kappa shape index (κ1) is 28.4. The van der Waals surface area contributed by atoms with E-state index < -0.39 is 15.3 Å². The molecule has 0 spiro atoms. The molecule has 0 N–H and O–H groups in total. The van der Waals surface area contributed by atoms with E-state index in [4.69, 9.17) is 14.5 Å². The van der Waals surface area contributed by atoms with E-state index >= 15 is 0 Å². The Morgan fingerprint density at radius 1 is 1.00 bits per heavy atom. The van der Waals surface area contributed by atoms with E-state index in [-0.39, 0.29) is 29.1 Å². The number of nitriles is 1. The monoisotopic (exact) mass is 617 g/mol. The molecule has 1 aromatic heterocycles. The number of ether oxygens (including phenoxy) is 2. The summed E-state index contributed by atoms with van der Waals surface area (Å²) in [6.45, 7) is 2.04. The zero-order chi connectivity index (χ0) is 29.6. The molecule has 2 aliphatic heterocycles. The third-order valence-corrected chi connectivity index (χ3v) is 12.2. The van der Waals surface area contributed by atoms with Crippen molar-refractivity contribution in [2.45, 2.75) is 50.9 Å². The van der Waals surface area contributed by atoms with Gasteiger partial charge in [-0.2, -0.15) is 5.26 Å². The third kappa shape index (κ3) is 5.77. The molecule has 1 saturated heterocycles. The highest BCUT2D eigenvalue weighted by Gasteiger charge is 2.47. The van der Waals surface area contributed by atoms with Gasteiger partial charge in [-0.3, -0.25) is 4.79 Å². The zero-order valence-electron chi connectivity index (χ0n) is 24.1. The van der Waals surface area contributed by atoms with Crippen molar-refractivity contribution in [3.05, 3.63) is 48.2 Å². The van der Waals surface area contributed by atoms with E-state index in [2.05, 4.69) is 35.2 Å². The number of aromatic nitrogens is 1. The van der Waals surface area contributed by atoms with Gasteiger partial charge in [0.2, 0.25) is 0 Å². The number of anilines is 1. The van der Waals surface area contributed by atoms with Gasteiger partial charge in [0.1, 0.15) is 24.0 Å². The highest BCUT2D eigenvalue weighted by Crippen LogP contribution is 2.52. The summed E-state index contributed by atoms with van der Waals surface area (Å²) in [7, 11) is -2.95. The number of thiazole rings is 1. The van der Waals surface area contributed by atoms with Gasteiger partial charge in [0.15, 0.2) is 21.3 Å². The first-order valence-electron chi connectivity index (χ1n) is 15.2. The largest absolute Gasteiger partial charge is 0.486 e. The fourth-order valence-corrected chi connectivity index (χ4v) is 9.01. The van der Waals surface area contributed by atoms with Crippen LogP contribution in [0.5, 0.6) is 11.5 Å². The van der Waals surface area contributed by atoms with E-state index in [1.165, 1.54) is 0 Å². The van der Waals surface area contributed by atoms with E-state index in [1.807, 2.05) is 18.2 Å². The summed E-state index contributed by atoms with van der Waals surface area (Å²) in [4.78, 5) is 22.1. The summed E-state index contributed by atoms with van der Waals surface area (Å²) < 4.78 is 35.5. The molecule has 3 aromatic rings. The SMILES string of the molecule is N#CC1(CC(=O)[C@@H]2CCCC[C@H]2c2nc(-c3ccc4c(c3)OCCO4)sc2-c2ccc(N3CCS(=O)(=O)CC3)cc2)CC1. The predicted molar refractivity (Wildman–Crippen MR) is 166 cm³/mol. The average molecular weight is 618 g/mol. The quantitative estimate of drug-likeness (QED) is 0.317. The Hall–Kier alpha value is -3.42. The molecule has 7 rings (SSSR count). The van der Waals surface area contributed by atoms with Crippen LogP contribution in [0.1, 0.15) is 56.6 Å². The minimum absolute atomic E-state index is 0.0000638. The molecule has 43 heavy (non-hydrogen) atoms. The maximum absolute atomic E-state index is 13.7. The Balaban J connectivity index is 1.24. The second-order valence-corrected chi connectivity index (χ2v) is 15.6. The molecule has 3 heterocycles. The van der Waals surface area contributed by atoms with Gasteiger partial charge in [-0.05, 0) is 61.6 Å². The summed E-state index contributed by atoms with van der Waals surface area (Å²) in [5.41, 5.74) is 3.51. The Morgan fingerprint density at radius 2 is 1.70 bits per heavy atom. The Labute approximate surface area is 256 Å². The van der Waals surface area contributed by atoms with Crippen LogP contribution in [0.25, 0.3) is 21.0 Å². The van der Waals surface area contributed by atoms with Crippen molar-refractivity contribution in [3.8, 4) is 38.6 Å². The normalized spacial score (nSPS) is 23.7. The average Bonchev–Trinajstić information content (AvgIpc) is 3.67. The summed E-state index contributed by atoms with van der Waals surface area (Å²) >= 11 is 1.63. The van der Waals surface area contributed by atoms with Gasteiger partial charge >= 0.3 is 0 Å². The van der Waals surface area contributed by atoms with Crippen LogP contribution in [0.4, 0.5) is 5.69 Å². The van der Waals surface area contributed by atoms with Crippen molar-refractivity contribution in [2.75, 3.05) is 42.7 Å². The summed E-state index contributed by atoms with van der Waals surface area (Å²) in [6.07, 6.45) is 5.77. The first-order valence-corrected chi connectivity index (χ1v) is 17.9. The number of carbonyl (C=O) groups is 1. The van der Waals surface area contributed by atoms with Gasteiger partial charge < -0.3 is 14.4 Å². The van der Waals surface area contributed by atoms with Crippen molar-refractivity contribution >= 4 is 32.6 Å². The second-order valence-electron chi connectivity index (χ2n) is 12.3. The van der Waals surface area contributed by atoms with Crippen LogP contribution in [-0.2, 0) is 14.6 Å². The van der Waals surface area contributed by atoms with Crippen LogP contribution in [0, 0.1) is 22.7 Å². The zero-order valence-corrected chi connectivity index (χ0v) is 25.7. The molecule has 0 amide bonds. The number of benzene rings is 2. The number of Topliss-reactive ketones (excluding diaryl/α,β-unsaturated/α-hetero) is 1. The molecule has 2 aromatic carbocycles. The molecule has 3 fully saturated rings. The molecule has 0 unspecified atom stereocenters. The number of carbonyl (C=O) groups excluding carboxylic acids is 1. The van der Waals surface area contributed by atoms with Crippen molar-refractivity contribution in [1.29, 1.82) is 5.26 Å². The van der Waals surface area contributed by atoms with Gasteiger partial charge in [0.25, 0.3) is 0 Å². The van der Waals surface area contributed by atoms with Crippen molar-refractivity contribution < 1.29 is 22.7 Å². The van der Waals surface area contributed by atoms with E-state index in [9.17, 15) is 18.5 Å². The molecular weight excluding hydrogens is 583 g/mol. The van der Waals surface area contributed by atoms with Gasteiger partial charge in [0.05, 0.1) is 33.6 Å². The lowest BCUT2D eigenvalue weighted by Crippen LogP contribution is -2.40. The Kier molecular flexibility index (Phi) is 7.42. The molecule has 2 saturated carbocycles. The fraction of sp³-hybridized carbons (Fsp3) is 0.485. The third-order valence-electron chi connectivity index (χ3n) is 9.42. The maximum Gasteiger partial charge on any atom is 0.162 e. The topological polar surface area (TPSA) is 110 Å². The number of nitrogens with zero attached hydrogens (tertiary/aromatic N) is 3. The molecule has 2 aliphatic carbocycles. The molecule has 10 heteroatoms. The Bertz CT molecular complexity index is 1670. The van der Waals surface area contributed by atoms with Gasteiger partial charge in [-0.1, -0.05) is 25.0 Å². The van der Waals surface area contributed by atoms with Gasteiger partial charge in [-0.25, -0.2) is 13.4 Å². The maximum atomic E-state index is 13.7.